The molecular weight excluding hydrogens is 422 g/mol. The Bertz CT molecular complexity index is 1180. The summed E-state index contributed by atoms with van der Waals surface area (Å²) in [4.78, 5) is 32.9. The van der Waals surface area contributed by atoms with Gasteiger partial charge in [0.05, 0.1) is 5.69 Å². The molecule has 0 fully saturated rings. The number of aryl methyl sites for hydroxylation is 1. The topological polar surface area (TPSA) is 88.1 Å². The molecule has 2 aromatic heterocycles. The van der Waals surface area contributed by atoms with E-state index >= 15 is 0 Å². The van der Waals surface area contributed by atoms with Crippen LogP contribution < -0.4 is 10.2 Å². The summed E-state index contributed by atoms with van der Waals surface area (Å²) in [5.41, 5.74) is 3.12. The average Bonchev–Trinajstić information content (AvgIpc) is 3.37. The minimum Gasteiger partial charge on any atom is -0.350 e. The van der Waals surface area contributed by atoms with Gasteiger partial charge in [0, 0.05) is 23.8 Å². The predicted octanol–water partition coefficient (Wildman–Crippen LogP) is 3.95. The van der Waals surface area contributed by atoms with Crippen LogP contribution in [0.4, 0.5) is 5.69 Å². The molecule has 7 nitrogen and oxygen atoms in total. The normalized spacial score (nSPS) is 11.5. The first kappa shape index (κ1) is 21.3. The average molecular weight is 444 g/mol. The maximum Gasteiger partial charge on any atom is 0.280 e. The molecule has 0 unspecified atom stereocenters. The third-order valence-corrected chi connectivity index (χ3v) is 5.37. The standard InChI is InChI=1S/C24H21N5O2S/c1-17-8-7-11-19(14-17)29(24(31)21-16-32-28-27-21)22(20-12-5-6-13-25-20)23(30)26-15-18-9-3-2-4-10-18/h2-14,16,22H,15H2,1H3,(H,26,30)/t22-/m1/s1. The van der Waals surface area contributed by atoms with E-state index in [-0.39, 0.29) is 11.6 Å². The van der Waals surface area contributed by atoms with Crippen molar-refractivity contribution in [2.24, 2.45) is 0 Å². The van der Waals surface area contributed by atoms with Gasteiger partial charge in [-0.1, -0.05) is 53.0 Å². The van der Waals surface area contributed by atoms with Crippen molar-refractivity contribution in [1.82, 2.24) is 19.9 Å². The molecule has 2 amide bonds. The molecular formula is C24H21N5O2S. The number of nitrogens with one attached hydrogen (secondary N) is 1. The maximum absolute atomic E-state index is 13.5. The Morgan fingerprint density at radius 1 is 1.03 bits per heavy atom. The quantitative estimate of drug-likeness (QED) is 0.467. The van der Waals surface area contributed by atoms with Crippen LogP contribution in [-0.2, 0) is 11.3 Å². The number of pyridine rings is 1. The van der Waals surface area contributed by atoms with E-state index in [2.05, 4.69) is 19.9 Å². The lowest BCUT2D eigenvalue weighted by molar-refractivity contribution is -0.122. The van der Waals surface area contributed by atoms with Gasteiger partial charge in [0.25, 0.3) is 5.91 Å². The summed E-state index contributed by atoms with van der Waals surface area (Å²) in [6, 6.07) is 21.4. The number of hydrogen-bond donors (Lipinski definition) is 1. The second kappa shape index (κ2) is 9.93. The van der Waals surface area contributed by atoms with E-state index in [0.717, 1.165) is 22.7 Å². The van der Waals surface area contributed by atoms with Crippen LogP contribution in [-0.4, -0.2) is 26.4 Å². The molecule has 1 N–H and O–H groups in total. The van der Waals surface area contributed by atoms with Crippen molar-refractivity contribution >= 4 is 29.0 Å². The van der Waals surface area contributed by atoms with Crippen LogP contribution in [0.5, 0.6) is 0 Å². The first-order valence-electron chi connectivity index (χ1n) is 10.0. The highest BCUT2D eigenvalue weighted by atomic mass is 32.1. The molecule has 4 aromatic rings. The van der Waals surface area contributed by atoms with Gasteiger partial charge in [-0.2, -0.15) is 0 Å². The largest absolute Gasteiger partial charge is 0.350 e. The second-order valence-corrected chi connectivity index (χ2v) is 7.77. The van der Waals surface area contributed by atoms with Crippen LogP contribution >= 0.6 is 11.5 Å². The fourth-order valence-corrected chi connectivity index (χ4v) is 3.78. The molecule has 0 radical (unpaired) electrons. The second-order valence-electron chi connectivity index (χ2n) is 7.16. The minimum absolute atomic E-state index is 0.174. The zero-order valence-electron chi connectivity index (χ0n) is 17.4. The Hall–Kier alpha value is -3.91. The number of aromatic nitrogens is 3. The fourth-order valence-electron chi connectivity index (χ4n) is 3.35. The Balaban J connectivity index is 1.76. The summed E-state index contributed by atoms with van der Waals surface area (Å²) in [5.74, 6) is -0.763. The van der Waals surface area contributed by atoms with Crippen LogP contribution in [0.25, 0.3) is 0 Å². The van der Waals surface area contributed by atoms with Crippen molar-refractivity contribution in [2.75, 3.05) is 4.90 Å². The van der Waals surface area contributed by atoms with Gasteiger partial charge in [-0.25, -0.2) is 0 Å². The summed E-state index contributed by atoms with van der Waals surface area (Å²) >= 11 is 1.08. The lowest BCUT2D eigenvalue weighted by Crippen LogP contribution is -2.44. The summed E-state index contributed by atoms with van der Waals surface area (Å²) in [6.07, 6.45) is 1.61. The molecule has 0 aliphatic rings. The predicted molar refractivity (Wildman–Crippen MR) is 123 cm³/mol. The molecule has 1 atom stereocenters. The monoisotopic (exact) mass is 443 g/mol. The van der Waals surface area contributed by atoms with Crippen LogP contribution in [0.1, 0.15) is 33.4 Å². The van der Waals surface area contributed by atoms with Crippen LogP contribution in [0.3, 0.4) is 0 Å². The molecule has 2 aromatic carbocycles. The van der Waals surface area contributed by atoms with Gasteiger partial charge >= 0.3 is 0 Å². The molecule has 32 heavy (non-hydrogen) atoms. The van der Waals surface area contributed by atoms with Crippen molar-refractivity contribution in [3.8, 4) is 0 Å². The van der Waals surface area contributed by atoms with Crippen LogP contribution in [0, 0.1) is 6.92 Å². The Morgan fingerprint density at radius 3 is 2.53 bits per heavy atom. The number of carbonyl (C=O) groups is 2. The van der Waals surface area contributed by atoms with Crippen LogP contribution in [0.15, 0.2) is 84.4 Å². The molecule has 160 valence electrons. The number of hydrogen-bond acceptors (Lipinski definition) is 6. The molecule has 0 saturated heterocycles. The molecule has 0 aliphatic carbocycles. The lowest BCUT2D eigenvalue weighted by atomic mass is 10.1. The van der Waals surface area contributed by atoms with Gasteiger partial charge < -0.3 is 5.32 Å². The molecule has 0 aliphatic heterocycles. The minimum atomic E-state index is -0.990. The van der Waals surface area contributed by atoms with Crippen molar-refractivity contribution in [1.29, 1.82) is 0 Å². The number of anilines is 1. The zero-order chi connectivity index (χ0) is 22.3. The number of rotatable bonds is 7. The van der Waals surface area contributed by atoms with E-state index in [9.17, 15) is 9.59 Å². The van der Waals surface area contributed by atoms with E-state index in [4.69, 9.17) is 0 Å². The van der Waals surface area contributed by atoms with E-state index in [1.165, 1.54) is 4.90 Å². The smallest absolute Gasteiger partial charge is 0.280 e. The number of nitrogens with zero attached hydrogens (tertiary/aromatic N) is 4. The number of amides is 2. The maximum atomic E-state index is 13.5. The van der Waals surface area contributed by atoms with Gasteiger partial charge in [-0.15, -0.1) is 5.10 Å². The number of benzene rings is 2. The molecule has 4 rings (SSSR count). The molecule has 0 bridgehead atoms. The van der Waals surface area contributed by atoms with Gasteiger partial charge in [0.1, 0.15) is 0 Å². The fraction of sp³-hybridized carbons (Fsp3) is 0.125. The highest BCUT2D eigenvalue weighted by Gasteiger charge is 2.35. The van der Waals surface area contributed by atoms with Crippen LogP contribution in [0.2, 0.25) is 0 Å². The van der Waals surface area contributed by atoms with Gasteiger partial charge in [0.15, 0.2) is 11.7 Å². The summed E-state index contributed by atoms with van der Waals surface area (Å²) in [5, 5.41) is 8.47. The summed E-state index contributed by atoms with van der Waals surface area (Å²) < 4.78 is 3.82. The highest BCUT2D eigenvalue weighted by molar-refractivity contribution is 7.03. The third kappa shape index (κ3) is 4.87. The van der Waals surface area contributed by atoms with E-state index in [0.29, 0.717) is 17.9 Å². The van der Waals surface area contributed by atoms with Crippen molar-refractivity contribution in [2.45, 2.75) is 19.5 Å². The first-order chi connectivity index (χ1) is 15.6. The molecule has 2 heterocycles. The van der Waals surface area contributed by atoms with Gasteiger partial charge in [-0.05, 0) is 53.8 Å². The van der Waals surface area contributed by atoms with Gasteiger partial charge in [0.2, 0.25) is 5.91 Å². The van der Waals surface area contributed by atoms with Crippen molar-refractivity contribution < 1.29 is 9.59 Å². The highest BCUT2D eigenvalue weighted by Crippen LogP contribution is 2.29. The SMILES string of the molecule is Cc1cccc(N(C(=O)c2csnn2)[C@@H](C(=O)NCc2ccccc2)c2ccccn2)c1. The molecule has 0 spiro atoms. The number of carbonyl (C=O) groups excluding carboxylic acids is 2. The zero-order valence-corrected chi connectivity index (χ0v) is 18.2. The van der Waals surface area contributed by atoms with E-state index in [1.54, 1.807) is 35.8 Å². The van der Waals surface area contributed by atoms with E-state index < -0.39 is 11.9 Å². The van der Waals surface area contributed by atoms with E-state index in [1.807, 2.05) is 55.5 Å². The van der Waals surface area contributed by atoms with Crippen molar-refractivity contribution in [3.05, 3.63) is 107 Å². The van der Waals surface area contributed by atoms with Gasteiger partial charge in [-0.3, -0.25) is 19.5 Å². The lowest BCUT2D eigenvalue weighted by Gasteiger charge is -2.30. The Kier molecular flexibility index (Phi) is 6.62. The third-order valence-electron chi connectivity index (χ3n) is 4.86. The Morgan fingerprint density at radius 2 is 1.84 bits per heavy atom. The Labute approximate surface area is 189 Å². The summed E-state index contributed by atoms with van der Waals surface area (Å²) in [6.45, 7) is 2.26. The first-order valence-corrected chi connectivity index (χ1v) is 10.9. The van der Waals surface area contributed by atoms with Crippen molar-refractivity contribution in [3.63, 3.8) is 0 Å². The molecule has 8 heteroatoms. The summed E-state index contributed by atoms with van der Waals surface area (Å²) in [7, 11) is 0. The molecule has 0 saturated carbocycles.